The van der Waals surface area contributed by atoms with Crippen molar-refractivity contribution in [2.24, 2.45) is 0 Å². The number of ketones is 1. The molecule has 0 amide bonds. The largest absolute Gasteiger partial charge is 0.497 e. The van der Waals surface area contributed by atoms with Crippen LogP contribution in [-0.4, -0.2) is 34.2 Å². The smallest absolute Gasteiger partial charge is 0.172 e. The van der Waals surface area contributed by atoms with E-state index in [1.165, 1.54) is 7.11 Å². The first-order chi connectivity index (χ1) is 11.6. The minimum Gasteiger partial charge on any atom is -0.497 e. The van der Waals surface area contributed by atoms with Gasteiger partial charge in [0, 0.05) is 12.5 Å². The molecule has 0 spiro atoms. The van der Waals surface area contributed by atoms with Crippen LogP contribution in [-0.2, 0) is 0 Å². The van der Waals surface area contributed by atoms with E-state index in [9.17, 15) is 4.79 Å². The highest BCUT2D eigenvalue weighted by molar-refractivity contribution is 6.05. The Morgan fingerprint density at radius 3 is 1.96 bits per heavy atom. The SMILES string of the molecule is CCC(=O)c1c(-c2cc(OC)cc(OC)c2)ccc(OC)c1OC. The lowest BCUT2D eigenvalue weighted by molar-refractivity contribution is 0.0985. The third-order valence-corrected chi connectivity index (χ3v) is 3.81. The van der Waals surface area contributed by atoms with E-state index in [4.69, 9.17) is 18.9 Å². The number of hydrogen-bond acceptors (Lipinski definition) is 5. The van der Waals surface area contributed by atoms with Crippen molar-refractivity contribution in [2.45, 2.75) is 13.3 Å². The number of Topliss-reactive ketones (excluding diaryl/α,β-unsaturated/α-hetero) is 1. The van der Waals surface area contributed by atoms with E-state index in [1.807, 2.05) is 25.1 Å². The van der Waals surface area contributed by atoms with Gasteiger partial charge in [-0.25, -0.2) is 0 Å². The molecule has 2 aromatic rings. The van der Waals surface area contributed by atoms with Crippen LogP contribution in [0.25, 0.3) is 11.1 Å². The normalized spacial score (nSPS) is 10.2. The van der Waals surface area contributed by atoms with Crippen LogP contribution in [0.3, 0.4) is 0 Å². The highest BCUT2D eigenvalue weighted by Gasteiger charge is 2.21. The Balaban J connectivity index is 2.76. The third kappa shape index (κ3) is 3.30. The summed E-state index contributed by atoms with van der Waals surface area (Å²) in [5.41, 5.74) is 2.05. The second kappa shape index (κ2) is 7.73. The van der Waals surface area contributed by atoms with Crippen LogP contribution in [0.15, 0.2) is 30.3 Å². The molecule has 2 rings (SSSR count). The molecule has 128 valence electrons. The van der Waals surface area contributed by atoms with Gasteiger partial charge in [0.1, 0.15) is 11.5 Å². The molecular formula is C19H22O5. The van der Waals surface area contributed by atoms with E-state index in [1.54, 1.807) is 33.5 Å². The lowest BCUT2D eigenvalue weighted by atomic mass is 9.94. The molecule has 0 saturated carbocycles. The highest BCUT2D eigenvalue weighted by Crippen LogP contribution is 2.40. The molecule has 0 heterocycles. The maximum Gasteiger partial charge on any atom is 0.172 e. The van der Waals surface area contributed by atoms with Crippen LogP contribution in [0, 0.1) is 0 Å². The Kier molecular flexibility index (Phi) is 5.68. The highest BCUT2D eigenvalue weighted by atomic mass is 16.5. The topological polar surface area (TPSA) is 54.0 Å². The minimum absolute atomic E-state index is 0.0254. The fourth-order valence-electron chi connectivity index (χ4n) is 2.58. The summed E-state index contributed by atoms with van der Waals surface area (Å²) in [6.07, 6.45) is 0.359. The van der Waals surface area contributed by atoms with E-state index in [0.29, 0.717) is 35.0 Å². The van der Waals surface area contributed by atoms with E-state index < -0.39 is 0 Å². The Morgan fingerprint density at radius 1 is 0.875 bits per heavy atom. The molecule has 0 unspecified atom stereocenters. The number of ether oxygens (including phenoxy) is 4. The van der Waals surface area contributed by atoms with E-state index in [2.05, 4.69) is 0 Å². The Bertz CT molecular complexity index is 715. The average Bonchev–Trinajstić information content (AvgIpc) is 2.65. The standard InChI is InChI=1S/C19H22O5/c1-6-16(20)18-15(7-8-17(23-4)19(18)24-5)12-9-13(21-2)11-14(10-12)22-3/h7-11H,6H2,1-5H3. The first-order valence-electron chi connectivity index (χ1n) is 7.61. The molecule has 0 aliphatic rings. The van der Waals surface area contributed by atoms with Gasteiger partial charge in [-0.15, -0.1) is 0 Å². The van der Waals surface area contributed by atoms with Crippen molar-refractivity contribution < 1.29 is 23.7 Å². The summed E-state index contributed by atoms with van der Waals surface area (Å²) in [5, 5.41) is 0. The van der Waals surface area contributed by atoms with Crippen LogP contribution >= 0.6 is 0 Å². The molecule has 0 aromatic heterocycles. The lowest BCUT2D eigenvalue weighted by Crippen LogP contribution is -2.05. The number of carbonyl (C=O) groups is 1. The van der Waals surface area contributed by atoms with E-state index in [0.717, 1.165) is 11.1 Å². The van der Waals surface area contributed by atoms with Crippen LogP contribution in [0.2, 0.25) is 0 Å². The summed E-state index contributed by atoms with van der Waals surface area (Å²) in [6.45, 7) is 1.82. The number of rotatable bonds is 7. The van der Waals surface area contributed by atoms with E-state index in [-0.39, 0.29) is 5.78 Å². The number of methoxy groups -OCH3 is 4. The van der Waals surface area contributed by atoms with Gasteiger partial charge >= 0.3 is 0 Å². The molecule has 0 aliphatic heterocycles. The van der Waals surface area contributed by atoms with E-state index >= 15 is 0 Å². The fourth-order valence-corrected chi connectivity index (χ4v) is 2.58. The van der Waals surface area contributed by atoms with Crippen molar-refractivity contribution in [1.82, 2.24) is 0 Å². The predicted molar refractivity (Wildman–Crippen MR) is 92.7 cm³/mol. The monoisotopic (exact) mass is 330 g/mol. The zero-order valence-corrected chi connectivity index (χ0v) is 14.6. The molecule has 0 bridgehead atoms. The first kappa shape index (κ1) is 17.7. The molecule has 5 nitrogen and oxygen atoms in total. The lowest BCUT2D eigenvalue weighted by Gasteiger charge is -2.17. The molecule has 0 radical (unpaired) electrons. The summed E-state index contributed by atoms with van der Waals surface area (Å²) < 4.78 is 21.4. The van der Waals surface area contributed by atoms with Gasteiger partial charge < -0.3 is 18.9 Å². The van der Waals surface area contributed by atoms with Gasteiger partial charge in [-0.05, 0) is 35.4 Å². The second-order valence-corrected chi connectivity index (χ2v) is 5.10. The molecule has 0 atom stereocenters. The van der Waals surface area contributed by atoms with Crippen LogP contribution in [0.5, 0.6) is 23.0 Å². The van der Waals surface area contributed by atoms with Gasteiger partial charge in [0.05, 0.1) is 34.0 Å². The molecule has 2 aromatic carbocycles. The predicted octanol–water partition coefficient (Wildman–Crippen LogP) is 3.98. The van der Waals surface area contributed by atoms with Gasteiger partial charge in [-0.3, -0.25) is 4.79 Å². The molecule has 24 heavy (non-hydrogen) atoms. The van der Waals surface area contributed by atoms with Gasteiger partial charge in [-0.1, -0.05) is 6.92 Å². The molecule has 0 saturated heterocycles. The van der Waals surface area contributed by atoms with Crippen molar-refractivity contribution in [3.8, 4) is 34.1 Å². The number of benzene rings is 2. The zero-order chi connectivity index (χ0) is 17.7. The summed E-state index contributed by atoms with van der Waals surface area (Å²) >= 11 is 0. The van der Waals surface area contributed by atoms with Crippen LogP contribution in [0.1, 0.15) is 23.7 Å². The fraction of sp³-hybridized carbons (Fsp3) is 0.316. The van der Waals surface area contributed by atoms with Crippen molar-refractivity contribution >= 4 is 5.78 Å². The van der Waals surface area contributed by atoms with Gasteiger partial charge in [0.2, 0.25) is 0 Å². The molecule has 0 N–H and O–H groups in total. The van der Waals surface area contributed by atoms with Crippen LogP contribution in [0.4, 0.5) is 0 Å². The maximum atomic E-state index is 12.6. The summed E-state index contributed by atoms with van der Waals surface area (Å²) in [4.78, 5) is 12.6. The summed E-state index contributed by atoms with van der Waals surface area (Å²) in [6, 6.07) is 9.13. The quantitative estimate of drug-likeness (QED) is 0.719. The van der Waals surface area contributed by atoms with Crippen molar-refractivity contribution in [3.63, 3.8) is 0 Å². The number of carbonyl (C=O) groups excluding carboxylic acids is 1. The van der Waals surface area contributed by atoms with Crippen molar-refractivity contribution in [3.05, 3.63) is 35.9 Å². The third-order valence-electron chi connectivity index (χ3n) is 3.81. The molecular weight excluding hydrogens is 308 g/mol. The summed E-state index contributed by atoms with van der Waals surface area (Å²) in [5.74, 6) is 2.22. The van der Waals surface area contributed by atoms with Crippen LogP contribution < -0.4 is 18.9 Å². The van der Waals surface area contributed by atoms with Gasteiger partial charge in [-0.2, -0.15) is 0 Å². The summed E-state index contributed by atoms with van der Waals surface area (Å²) in [7, 11) is 6.25. The van der Waals surface area contributed by atoms with Crippen molar-refractivity contribution in [1.29, 1.82) is 0 Å². The molecule has 5 heteroatoms. The Labute approximate surface area is 142 Å². The Hall–Kier alpha value is -2.69. The van der Waals surface area contributed by atoms with Gasteiger partial charge in [0.15, 0.2) is 17.3 Å². The first-order valence-corrected chi connectivity index (χ1v) is 7.61. The molecule has 0 fully saturated rings. The maximum absolute atomic E-state index is 12.6. The van der Waals surface area contributed by atoms with Crippen molar-refractivity contribution in [2.75, 3.05) is 28.4 Å². The average molecular weight is 330 g/mol. The Morgan fingerprint density at radius 2 is 1.50 bits per heavy atom. The number of hydrogen-bond donors (Lipinski definition) is 0. The zero-order valence-electron chi connectivity index (χ0n) is 14.6. The second-order valence-electron chi connectivity index (χ2n) is 5.10. The minimum atomic E-state index is -0.0254. The van der Waals surface area contributed by atoms with Gasteiger partial charge in [0.25, 0.3) is 0 Å². The molecule has 0 aliphatic carbocycles.